The van der Waals surface area contributed by atoms with Crippen LogP contribution in [0.15, 0.2) is 34.9 Å². The number of hydrogen-bond donors (Lipinski definition) is 0. The first-order valence-electron chi connectivity index (χ1n) is 5.47. The molecule has 0 aliphatic rings. The van der Waals surface area contributed by atoms with Gasteiger partial charge in [0.15, 0.2) is 0 Å². The summed E-state index contributed by atoms with van der Waals surface area (Å²) >= 11 is 3.41. The van der Waals surface area contributed by atoms with Crippen LogP contribution in [-0.4, -0.2) is 11.6 Å². The molecule has 84 valence electrons. The van der Waals surface area contributed by atoms with Gasteiger partial charge in [-0.25, -0.2) is 0 Å². The smallest absolute Gasteiger partial charge is 0.121 e. The van der Waals surface area contributed by atoms with Crippen LogP contribution in [0.5, 0.6) is 5.75 Å². The van der Waals surface area contributed by atoms with Gasteiger partial charge in [0.25, 0.3) is 0 Å². The fraction of sp³-hybridized carbons (Fsp3) is 0.308. The Morgan fingerprint density at radius 2 is 2.19 bits per heavy atom. The fourth-order valence-electron chi connectivity index (χ4n) is 1.50. The minimum Gasteiger partial charge on any atom is -0.494 e. The van der Waals surface area contributed by atoms with Gasteiger partial charge in [-0.1, -0.05) is 13.3 Å². The summed E-state index contributed by atoms with van der Waals surface area (Å²) in [5.41, 5.74) is 0.970. The van der Waals surface area contributed by atoms with Gasteiger partial charge in [0.2, 0.25) is 0 Å². The van der Waals surface area contributed by atoms with E-state index in [0.717, 1.165) is 40.6 Å². The number of aromatic nitrogens is 1. The van der Waals surface area contributed by atoms with Gasteiger partial charge < -0.3 is 4.74 Å². The Labute approximate surface area is 104 Å². The highest BCUT2D eigenvalue weighted by Crippen LogP contribution is 2.22. The lowest BCUT2D eigenvalue weighted by atomic mass is 10.2. The summed E-state index contributed by atoms with van der Waals surface area (Å²) < 4.78 is 6.63. The summed E-state index contributed by atoms with van der Waals surface area (Å²) in [4.78, 5) is 4.34. The molecule has 0 N–H and O–H groups in total. The Morgan fingerprint density at radius 3 is 3.00 bits per heavy atom. The molecule has 0 aliphatic carbocycles. The number of nitrogens with zero attached hydrogens (tertiary/aromatic N) is 1. The summed E-state index contributed by atoms with van der Waals surface area (Å²) in [5, 5.41) is 1.12. The molecule has 0 saturated carbocycles. The van der Waals surface area contributed by atoms with Gasteiger partial charge in [-0.15, -0.1) is 0 Å². The number of rotatable bonds is 4. The number of ether oxygens (including phenoxy) is 1. The van der Waals surface area contributed by atoms with E-state index in [-0.39, 0.29) is 0 Å². The molecule has 0 unspecified atom stereocenters. The lowest BCUT2D eigenvalue weighted by molar-refractivity contribution is 0.310. The highest BCUT2D eigenvalue weighted by atomic mass is 79.9. The summed E-state index contributed by atoms with van der Waals surface area (Å²) in [6.07, 6.45) is 4.04. The van der Waals surface area contributed by atoms with Gasteiger partial charge in [0.1, 0.15) is 5.75 Å². The number of halogens is 1. The van der Waals surface area contributed by atoms with Crippen LogP contribution < -0.4 is 4.74 Å². The Kier molecular flexibility index (Phi) is 3.78. The minimum absolute atomic E-state index is 0.776. The van der Waals surface area contributed by atoms with Crippen LogP contribution in [-0.2, 0) is 0 Å². The molecule has 3 heteroatoms. The predicted molar refractivity (Wildman–Crippen MR) is 69.8 cm³/mol. The lowest BCUT2D eigenvalue weighted by Crippen LogP contribution is -1.96. The molecular formula is C13H14BrNO. The van der Waals surface area contributed by atoms with Gasteiger partial charge in [0.05, 0.1) is 12.1 Å². The van der Waals surface area contributed by atoms with Crippen LogP contribution >= 0.6 is 15.9 Å². The zero-order valence-corrected chi connectivity index (χ0v) is 10.8. The third-order valence-electron chi connectivity index (χ3n) is 2.39. The number of fused-ring (bicyclic) bond motifs is 1. The zero-order valence-electron chi connectivity index (χ0n) is 9.24. The molecular weight excluding hydrogens is 266 g/mol. The molecule has 0 amide bonds. The maximum Gasteiger partial charge on any atom is 0.121 e. The van der Waals surface area contributed by atoms with Crippen molar-refractivity contribution >= 4 is 26.8 Å². The summed E-state index contributed by atoms with van der Waals surface area (Å²) in [5.74, 6) is 0.899. The first kappa shape index (κ1) is 11.4. The van der Waals surface area contributed by atoms with Crippen LogP contribution in [0.25, 0.3) is 10.9 Å². The summed E-state index contributed by atoms with van der Waals surface area (Å²) in [7, 11) is 0. The Morgan fingerprint density at radius 1 is 1.31 bits per heavy atom. The quantitative estimate of drug-likeness (QED) is 0.784. The maximum atomic E-state index is 5.63. The molecule has 0 spiro atoms. The molecule has 0 saturated heterocycles. The minimum atomic E-state index is 0.776. The second-order valence-electron chi connectivity index (χ2n) is 3.71. The number of unbranched alkanes of at least 4 members (excludes halogenated alkanes) is 1. The van der Waals surface area contributed by atoms with Gasteiger partial charge in [-0.2, -0.15) is 0 Å². The number of benzene rings is 1. The van der Waals surface area contributed by atoms with Gasteiger partial charge >= 0.3 is 0 Å². The van der Waals surface area contributed by atoms with Crippen molar-refractivity contribution in [2.75, 3.05) is 6.61 Å². The van der Waals surface area contributed by atoms with Crippen LogP contribution in [0.2, 0.25) is 0 Å². The van der Waals surface area contributed by atoms with E-state index in [1.165, 1.54) is 0 Å². The molecule has 0 fully saturated rings. The van der Waals surface area contributed by atoms with Gasteiger partial charge in [-0.3, -0.25) is 4.98 Å². The van der Waals surface area contributed by atoms with Crippen LogP contribution in [0.3, 0.4) is 0 Å². The molecule has 2 aromatic rings. The molecule has 0 aliphatic heterocycles. The van der Waals surface area contributed by atoms with E-state index in [0.29, 0.717) is 0 Å². The van der Waals surface area contributed by atoms with Crippen molar-refractivity contribution in [2.24, 2.45) is 0 Å². The molecule has 1 heterocycles. The Balaban J connectivity index is 2.20. The monoisotopic (exact) mass is 279 g/mol. The van der Waals surface area contributed by atoms with E-state index in [9.17, 15) is 0 Å². The van der Waals surface area contributed by atoms with E-state index >= 15 is 0 Å². The average molecular weight is 280 g/mol. The highest BCUT2D eigenvalue weighted by Gasteiger charge is 1.99. The first-order chi connectivity index (χ1) is 7.79. The summed E-state index contributed by atoms with van der Waals surface area (Å²) in [6, 6.07) is 8.07. The van der Waals surface area contributed by atoms with Crippen molar-refractivity contribution in [3.05, 3.63) is 34.9 Å². The van der Waals surface area contributed by atoms with E-state index in [1.54, 1.807) is 6.20 Å². The Hall–Kier alpha value is -1.09. The summed E-state index contributed by atoms with van der Waals surface area (Å²) in [6.45, 7) is 2.93. The first-order valence-corrected chi connectivity index (χ1v) is 6.27. The molecule has 16 heavy (non-hydrogen) atoms. The third kappa shape index (κ3) is 2.73. The highest BCUT2D eigenvalue weighted by molar-refractivity contribution is 9.10. The molecule has 0 bridgehead atoms. The second-order valence-corrected chi connectivity index (χ2v) is 4.63. The molecule has 2 nitrogen and oxygen atoms in total. The molecule has 1 aromatic carbocycles. The average Bonchev–Trinajstić information content (AvgIpc) is 2.29. The van der Waals surface area contributed by atoms with Crippen molar-refractivity contribution in [3.8, 4) is 5.75 Å². The zero-order chi connectivity index (χ0) is 11.4. The van der Waals surface area contributed by atoms with Crippen LogP contribution in [0, 0.1) is 0 Å². The largest absolute Gasteiger partial charge is 0.494 e. The second kappa shape index (κ2) is 5.30. The lowest BCUT2D eigenvalue weighted by Gasteiger charge is -2.06. The van der Waals surface area contributed by atoms with Crippen molar-refractivity contribution in [1.82, 2.24) is 4.98 Å². The topological polar surface area (TPSA) is 22.1 Å². The molecule has 0 atom stereocenters. The molecule has 1 aromatic heterocycles. The van der Waals surface area contributed by atoms with Gasteiger partial charge in [-0.05, 0) is 40.5 Å². The van der Waals surface area contributed by atoms with Crippen molar-refractivity contribution in [3.63, 3.8) is 0 Å². The van der Waals surface area contributed by atoms with E-state index < -0.39 is 0 Å². The standard InChI is InChI=1S/C13H14BrNO/c1-2-3-6-16-12-5-4-10-7-11(14)9-15-13(10)8-12/h4-5,7-9H,2-3,6H2,1H3. The van der Waals surface area contributed by atoms with Crippen molar-refractivity contribution < 1.29 is 4.74 Å². The van der Waals surface area contributed by atoms with Crippen molar-refractivity contribution in [1.29, 1.82) is 0 Å². The Bertz CT molecular complexity index is 484. The normalized spacial score (nSPS) is 10.6. The number of hydrogen-bond acceptors (Lipinski definition) is 2. The predicted octanol–water partition coefficient (Wildman–Crippen LogP) is 4.18. The molecule has 0 radical (unpaired) electrons. The van der Waals surface area contributed by atoms with Crippen molar-refractivity contribution in [2.45, 2.75) is 19.8 Å². The van der Waals surface area contributed by atoms with E-state index in [4.69, 9.17) is 4.74 Å². The van der Waals surface area contributed by atoms with E-state index in [2.05, 4.69) is 33.9 Å². The third-order valence-corrected chi connectivity index (χ3v) is 2.82. The van der Waals surface area contributed by atoms with Gasteiger partial charge in [0, 0.05) is 22.1 Å². The maximum absolute atomic E-state index is 5.63. The van der Waals surface area contributed by atoms with Crippen LogP contribution in [0.4, 0.5) is 0 Å². The number of pyridine rings is 1. The van der Waals surface area contributed by atoms with Crippen LogP contribution in [0.1, 0.15) is 19.8 Å². The SMILES string of the molecule is CCCCOc1ccc2cc(Br)cnc2c1. The fourth-order valence-corrected chi connectivity index (χ4v) is 1.85. The molecule has 2 rings (SSSR count). The van der Waals surface area contributed by atoms with E-state index in [1.807, 2.05) is 18.2 Å².